The Kier molecular flexibility index (Phi) is 21.8. The van der Waals surface area contributed by atoms with Crippen LogP contribution < -0.4 is 4.74 Å². The number of hydrogen-bond acceptors (Lipinski definition) is 3. The van der Waals surface area contributed by atoms with Crippen LogP contribution >= 0.6 is 0 Å². The van der Waals surface area contributed by atoms with Crippen molar-refractivity contribution in [3.8, 4) is 5.75 Å². The summed E-state index contributed by atoms with van der Waals surface area (Å²) in [6, 6.07) is 8.08. The first-order valence-corrected chi connectivity index (χ1v) is 15.6. The van der Waals surface area contributed by atoms with Crippen LogP contribution in [0.25, 0.3) is 0 Å². The molecule has 1 aromatic rings. The van der Waals surface area contributed by atoms with Crippen LogP contribution in [0, 0.1) is 0 Å². The molecule has 36 heavy (non-hydrogen) atoms. The van der Waals surface area contributed by atoms with Crippen molar-refractivity contribution in [2.45, 2.75) is 168 Å². The second-order valence-corrected chi connectivity index (χ2v) is 10.9. The van der Waals surface area contributed by atoms with E-state index in [-0.39, 0.29) is 12.1 Å². The van der Waals surface area contributed by atoms with E-state index in [0.717, 1.165) is 44.9 Å². The predicted molar refractivity (Wildman–Crippen MR) is 155 cm³/mol. The molecular formula is C33H58O3. The van der Waals surface area contributed by atoms with Gasteiger partial charge in [-0.2, -0.15) is 0 Å². The van der Waals surface area contributed by atoms with Crippen molar-refractivity contribution < 1.29 is 14.6 Å². The summed E-state index contributed by atoms with van der Waals surface area (Å²) in [6.07, 6.45) is 27.1. The maximum atomic E-state index is 12.1. The van der Waals surface area contributed by atoms with Crippen molar-refractivity contribution in [1.82, 2.24) is 0 Å². The largest absolute Gasteiger partial charge is 0.427 e. The lowest BCUT2D eigenvalue weighted by atomic mass is 10.0. The normalized spacial score (nSPS) is 12.1. The number of ether oxygens (including phenoxy) is 1. The first-order chi connectivity index (χ1) is 17.7. The van der Waals surface area contributed by atoms with Gasteiger partial charge in [0.15, 0.2) is 0 Å². The molecule has 1 aromatic carbocycles. The van der Waals surface area contributed by atoms with Gasteiger partial charge in [0.05, 0.1) is 6.10 Å². The molecule has 0 spiro atoms. The van der Waals surface area contributed by atoms with E-state index in [1.807, 2.05) is 12.1 Å². The molecule has 0 saturated carbocycles. The second-order valence-electron chi connectivity index (χ2n) is 10.9. The minimum atomic E-state index is -0.118. The Morgan fingerprint density at radius 1 is 0.639 bits per heavy atom. The van der Waals surface area contributed by atoms with Gasteiger partial charge in [-0.1, -0.05) is 135 Å². The molecule has 3 nitrogen and oxygen atoms in total. The molecule has 0 bridgehead atoms. The molecule has 0 amide bonds. The van der Waals surface area contributed by atoms with E-state index in [1.54, 1.807) is 0 Å². The highest BCUT2D eigenvalue weighted by atomic mass is 16.5. The van der Waals surface area contributed by atoms with Gasteiger partial charge >= 0.3 is 5.97 Å². The van der Waals surface area contributed by atoms with Gasteiger partial charge < -0.3 is 9.84 Å². The van der Waals surface area contributed by atoms with E-state index in [4.69, 9.17) is 4.74 Å². The van der Waals surface area contributed by atoms with Crippen molar-refractivity contribution >= 4 is 5.97 Å². The minimum absolute atomic E-state index is 0.111. The van der Waals surface area contributed by atoms with E-state index in [1.165, 1.54) is 102 Å². The summed E-state index contributed by atoms with van der Waals surface area (Å²) in [5.74, 6) is 0.551. The van der Waals surface area contributed by atoms with Crippen LogP contribution in [0.2, 0.25) is 0 Å². The van der Waals surface area contributed by atoms with E-state index >= 15 is 0 Å². The van der Waals surface area contributed by atoms with E-state index in [2.05, 4.69) is 26.0 Å². The summed E-state index contributed by atoms with van der Waals surface area (Å²) < 4.78 is 5.51. The van der Waals surface area contributed by atoms with E-state index in [0.29, 0.717) is 12.2 Å². The molecule has 0 radical (unpaired) electrons. The van der Waals surface area contributed by atoms with Crippen LogP contribution in [-0.4, -0.2) is 17.2 Å². The van der Waals surface area contributed by atoms with Gasteiger partial charge in [0.2, 0.25) is 0 Å². The Balaban J connectivity index is 1.95. The zero-order valence-electron chi connectivity index (χ0n) is 23.9. The van der Waals surface area contributed by atoms with Crippen molar-refractivity contribution in [1.29, 1.82) is 0 Å². The van der Waals surface area contributed by atoms with E-state index in [9.17, 15) is 9.90 Å². The van der Waals surface area contributed by atoms with E-state index < -0.39 is 0 Å². The second kappa shape index (κ2) is 24.0. The average molecular weight is 503 g/mol. The first kappa shape index (κ1) is 32.7. The molecule has 3 heteroatoms. The summed E-state index contributed by atoms with van der Waals surface area (Å²) in [4.78, 5) is 12.1. The molecule has 1 N–H and O–H groups in total. The van der Waals surface area contributed by atoms with Crippen LogP contribution in [0.1, 0.15) is 161 Å². The van der Waals surface area contributed by atoms with Crippen LogP contribution in [0.5, 0.6) is 5.75 Å². The predicted octanol–water partition coefficient (Wildman–Crippen LogP) is 10.1. The molecule has 0 saturated heterocycles. The number of aliphatic hydroxyl groups is 1. The third-order valence-electron chi connectivity index (χ3n) is 7.28. The minimum Gasteiger partial charge on any atom is -0.427 e. The number of unbranched alkanes of at least 4 members (excludes halogenated alkanes) is 16. The monoisotopic (exact) mass is 502 g/mol. The zero-order valence-corrected chi connectivity index (χ0v) is 23.9. The molecule has 0 aliphatic rings. The summed E-state index contributed by atoms with van der Waals surface area (Å²) in [5, 5.41) is 10.1. The number of benzene rings is 1. The maximum Gasteiger partial charge on any atom is 0.311 e. The quantitative estimate of drug-likeness (QED) is 0.0821. The molecule has 1 atom stereocenters. The number of carbonyl (C=O) groups is 1. The van der Waals surface area contributed by atoms with Gasteiger partial charge in [0, 0.05) is 6.42 Å². The van der Waals surface area contributed by atoms with Gasteiger partial charge in [-0.15, -0.1) is 0 Å². The van der Waals surface area contributed by atoms with Crippen LogP contribution in [0.15, 0.2) is 24.3 Å². The van der Waals surface area contributed by atoms with Gasteiger partial charge in [0.25, 0.3) is 0 Å². The number of aryl methyl sites for hydroxylation is 1. The molecule has 0 heterocycles. The molecule has 1 rings (SSSR count). The highest BCUT2D eigenvalue weighted by molar-refractivity contribution is 5.72. The Morgan fingerprint density at radius 2 is 1.08 bits per heavy atom. The highest BCUT2D eigenvalue weighted by Gasteiger charge is 2.06. The smallest absolute Gasteiger partial charge is 0.311 e. The molecule has 0 aromatic heterocycles. The number of carbonyl (C=O) groups excluding carboxylic acids is 1. The van der Waals surface area contributed by atoms with Crippen LogP contribution in [0.4, 0.5) is 0 Å². The maximum absolute atomic E-state index is 12.1. The SMILES string of the molecule is CCCCCCCCCc1ccc(OC(=O)CCCCCCCCC(O)CCCCCCCC)cc1. The van der Waals surface area contributed by atoms with Crippen molar-refractivity contribution in [3.63, 3.8) is 0 Å². The van der Waals surface area contributed by atoms with Crippen LogP contribution in [-0.2, 0) is 11.2 Å². The van der Waals surface area contributed by atoms with Gasteiger partial charge in [-0.3, -0.25) is 4.79 Å². The lowest BCUT2D eigenvalue weighted by Crippen LogP contribution is -2.07. The number of esters is 1. The van der Waals surface area contributed by atoms with Crippen LogP contribution in [0.3, 0.4) is 0 Å². The standard InChI is InChI=1S/C33H58O3/c1-3-5-7-9-11-14-18-22-30-26-28-32(29-27-30)36-33(35)25-21-17-13-12-16-20-24-31(34)23-19-15-10-8-6-4-2/h26-29,31,34H,3-25H2,1-2H3. The van der Waals surface area contributed by atoms with Crippen molar-refractivity contribution in [3.05, 3.63) is 29.8 Å². The third-order valence-corrected chi connectivity index (χ3v) is 7.28. The summed E-state index contributed by atoms with van der Waals surface area (Å²) >= 11 is 0. The zero-order chi connectivity index (χ0) is 26.1. The highest BCUT2D eigenvalue weighted by Crippen LogP contribution is 2.17. The third kappa shape index (κ3) is 19.8. The number of hydrogen-bond donors (Lipinski definition) is 1. The van der Waals surface area contributed by atoms with Crippen molar-refractivity contribution in [2.24, 2.45) is 0 Å². The molecule has 0 aliphatic heterocycles. The molecule has 0 aliphatic carbocycles. The van der Waals surface area contributed by atoms with Gasteiger partial charge in [-0.05, 0) is 49.8 Å². The Hall–Kier alpha value is -1.35. The van der Waals surface area contributed by atoms with Crippen molar-refractivity contribution in [2.75, 3.05) is 0 Å². The molecular weight excluding hydrogens is 444 g/mol. The Morgan fingerprint density at radius 3 is 1.61 bits per heavy atom. The fourth-order valence-corrected chi connectivity index (χ4v) is 4.85. The summed E-state index contributed by atoms with van der Waals surface area (Å²) in [7, 11) is 0. The Bertz CT molecular complexity index is 610. The lowest BCUT2D eigenvalue weighted by Gasteiger charge is -2.10. The first-order valence-electron chi connectivity index (χ1n) is 15.6. The fraction of sp³-hybridized carbons (Fsp3) is 0.788. The summed E-state index contributed by atoms with van der Waals surface area (Å²) in [5.41, 5.74) is 1.33. The van der Waals surface area contributed by atoms with Gasteiger partial charge in [0.1, 0.15) is 5.75 Å². The molecule has 0 fully saturated rings. The number of aliphatic hydroxyl groups excluding tert-OH is 1. The molecule has 208 valence electrons. The number of rotatable bonds is 25. The Labute approximate surface area is 223 Å². The summed E-state index contributed by atoms with van der Waals surface area (Å²) in [6.45, 7) is 4.51. The average Bonchev–Trinajstić information content (AvgIpc) is 2.88. The molecule has 1 unspecified atom stereocenters. The fourth-order valence-electron chi connectivity index (χ4n) is 4.85. The lowest BCUT2D eigenvalue weighted by molar-refractivity contribution is -0.134. The topological polar surface area (TPSA) is 46.5 Å². The van der Waals surface area contributed by atoms with Gasteiger partial charge in [-0.25, -0.2) is 0 Å².